The van der Waals surface area contributed by atoms with Gasteiger partial charge in [-0.2, -0.15) is 4.98 Å². The van der Waals surface area contributed by atoms with Gasteiger partial charge in [0.2, 0.25) is 5.91 Å². The smallest absolute Gasteiger partial charge is 0.345 e. The summed E-state index contributed by atoms with van der Waals surface area (Å²) in [6, 6.07) is -0.476. The standard InChI is InChI=1S/C13H19N3O4/c1-6(12(18)19)7(2)14-11(17)5-10-8(3)15-13(20)16-9(10)4/h6-7H,5H2,1-4H3,(H,14,17)(H,18,19)(H,15,16,20). The van der Waals surface area contributed by atoms with Crippen LogP contribution in [0.5, 0.6) is 0 Å². The maximum absolute atomic E-state index is 11.9. The number of nitrogens with one attached hydrogen (secondary N) is 2. The Balaban J connectivity index is 2.77. The van der Waals surface area contributed by atoms with Gasteiger partial charge in [0.15, 0.2) is 0 Å². The number of carboxylic acids is 1. The van der Waals surface area contributed by atoms with Crippen LogP contribution >= 0.6 is 0 Å². The summed E-state index contributed by atoms with van der Waals surface area (Å²) in [4.78, 5) is 40.2. The minimum Gasteiger partial charge on any atom is -0.481 e. The molecule has 1 aromatic rings. The molecule has 0 bridgehead atoms. The summed E-state index contributed by atoms with van der Waals surface area (Å²) in [5, 5.41) is 11.5. The average Bonchev–Trinajstić information content (AvgIpc) is 2.32. The highest BCUT2D eigenvalue weighted by molar-refractivity contribution is 5.80. The highest BCUT2D eigenvalue weighted by Gasteiger charge is 2.21. The molecule has 1 heterocycles. The van der Waals surface area contributed by atoms with Gasteiger partial charge in [-0.15, -0.1) is 0 Å². The summed E-state index contributed by atoms with van der Waals surface area (Å²) in [6.07, 6.45) is 0.0537. The Hall–Kier alpha value is -2.18. The molecule has 2 atom stereocenters. The van der Waals surface area contributed by atoms with Crippen molar-refractivity contribution in [1.82, 2.24) is 15.3 Å². The number of H-pyrrole nitrogens is 1. The number of rotatable bonds is 5. The third-order valence-electron chi connectivity index (χ3n) is 3.32. The van der Waals surface area contributed by atoms with E-state index in [1.54, 1.807) is 20.8 Å². The van der Waals surface area contributed by atoms with E-state index in [1.807, 2.05) is 0 Å². The van der Waals surface area contributed by atoms with Crippen LogP contribution in [0, 0.1) is 19.8 Å². The second-order valence-electron chi connectivity index (χ2n) is 4.89. The van der Waals surface area contributed by atoms with Crippen LogP contribution in [0.3, 0.4) is 0 Å². The first-order valence-electron chi connectivity index (χ1n) is 6.31. The van der Waals surface area contributed by atoms with Crippen LogP contribution < -0.4 is 11.0 Å². The lowest BCUT2D eigenvalue weighted by molar-refractivity contribution is -0.142. The summed E-state index contributed by atoms with van der Waals surface area (Å²) in [7, 11) is 0. The molecule has 0 fully saturated rings. The zero-order chi connectivity index (χ0) is 15.4. The number of hydrogen-bond donors (Lipinski definition) is 3. The van der Waals surface area contributed by atoms with Crippen molar-refractivity contribution >= 4 is 11.9 Å². The van der Waals surface area contributed by atoms with Crippen LogP contribution in [-0.2, 0) is 16.0 Å². The van der Waals surface area contributed by atoms with Crippen molar-refractivity contribution in [2.45, 2.75) is 40.2 Å². The van der Waals surface area contributed by atoms with Crippen LogP contribution in [0.25, 0.3) is 0 Å². The van der Waals surface area contributed by atoms with E-state index < -0.39 is 23.6 Å². The molecule has 1 aromatic heterocycles. The van der Waals surface area contributed by atoms with Crippen LogP contribution in [0.1, 0.15) is 30.8 Å². The molecule has 0 aliphatic heterocycles. The Morgan fingerprint density at radius 3 is 2.45 bits per heavy atom. The molecular weight excluding hydrogens is 262 g/mol. The molecule has 0 spiro atoms. The van der Waals surface area contributed by atoms with Crippen molar-refractivity contribution in [2.75, 3.05) is 0 Å². The van der Waals surface area contributed by atoms with Crippen LogP contribution in [-0.4, -0.2) is 33.0 Å². The zero-order valence-electron chi connectivity index (χ0n) is 12.0. The highest BCUT2D eigenvalue weighted by atomic mass is 16.4. The summed E-state index contributed by atoms with van der Waals surface area (Å²) in [5.74, 6) is -1.93. The molecular formula is C13H19N3O4. The molecule has 0 aromatic carbocycles. The predicted octanol–water partition coefficient (Wildman–Crippen LogP) is 0.155. The first-order valence-corrected chi connectivity index (χ1v) is 6.31. The summed E-state index contributed by atoms with van der Waals surface area (Å²) >= 11 is 0. The van der Waals surface area contributed by atoms with E-state index in [0.717, 1.165) is 0 Å². The van der Waals surface area contributed by atoms with E-state index in [-0.39, 0.29) is 12.3 Å². The molecule has 0 aliphatic carbocycles. The van der Waals surface area contributed by atoms with Crippen LogP contribution in [0.4, 0.5) is 0 Å². The van der Waals surface area contributed by atoms with Crippen molar-refractivity contribution in [3.63, 3.8) is 0 Å². The lowest BCUT2D eigenvalue weighted by atomic mass is 10.0. The molecule has 0 saturated heterocycles. The van der Waals surface area contributed by atoms with Crippen molar-refractivity contribution in [1.29, 1.82) is 0 Å². The van der Waals surface area contributed by atoms with Crippen molar-refractivity contribution in [2.24, 2.45) is 5.92 Å². The number of aromatic nitrogens is 2. The molecule has 1 amide bonds. The van der Waals surface area contributed by atoms with Gasteiger partial charge in [-0.1, -0.05) is 0 Å². The van der Waals surface area contributed by atoms with E-state index in [9.17, 15) is 14.4 Å². The monoisotopic (exact) mass is 281 g/mol. The first kappa shape index (κ1) is 15.9. The number of carbonyl (C=O) groups excluding carboxylic acids is 1. The number of aliphatic carboxylic acids is 1. The number of aromatic amines is 1. The molecule has 7 heteroatoms. The van der Waals surface area contributed by atoms with Gasteiger partial charge in [-0.05, 0) is 27.7 Å². The number of aryl methyl sites for hydroxylation is 2. The lowest BCUT2D eigenvalue weighted by Gasteiger charge is -2.18. The van der Waals surface area contributed by atoms with Crippen molar-refractivity contribution in [3.05, 3.63) is 27.4 Å². The second-order valence-corrected chi connectivity index (χ2v) is 4.89. The third-order valence-corrected chi connectivity index (χ3v) is 3.32. The number of carbonyl (C=O) groups is 2. The van der Waals surface area contributed by atoms with E-state index >= 15 is 0 Å². The maximum Gasteiger partial charge on any atom is 0.345 e. The normalized spacial score (nSPS) is 13.6. The fourth-order valence-corrected chi connectivity index (χ4v) is 1.82. The first-order chi connectivity index (χ1) is 9.22. The van der Waals surface area contributed by atoms with Gasteiger partial charge in [0, 0.05) is 23.0 Å². The fraction of sp³-hybridized carbons (Fsp3) is 0.538. The van der Waals surface area contributed by atoms with Crippen molar-refractivity contribution < 1.29 is 14.7 Å². The molecule has 2 unspecified atom stereocenters. The van der Waals surface area contributed by atoms with Gasteiger partial charge in [0.05, 0.1) is 12.3 Å². The Kier molecular flexibility index (Phi) is 5.01. The molecule has 110 valence electrons. The molecule has 7 nitrogen and oxygen atoms in total. The lowest BCUT2D eigenvalue weighted by Crippen LogP contribution is -2.41. The Bertz CT molecular complexity index is 553. The summed E-state index contributed by atoms with van der Waals surface area (Å²) < 4.78 is 0. The maximum atomic E-state index is 11.9. The second kappa shape index (κ2) is 6.31. The SMILES string of the molecule is Cc1nc(=O)[nH]c(C)c1CC(=O)NC(C)C(C)C(=O)O. The van der Waals surface area contributed by atoms with Gasteiger partial charge in [0.1, 0.15) is 0 Å². The average molecular weight is 281 g/mol. The molecule has 0 saturated carbocycles. The number of carboxylic acid groups (broad SMARTS) is 1. The molecule has 3 N–H and O–H groups in total. The predicted molar refractivity (Wildman–Crippen MR) is 72.4 cm³/mol. The topological polar surface area (TPSA) is 112 Å². The van der Waals surface area contributed by atoms with Crippen LogP contribution in [0.2, 0.25) is 0 Å². The number of nitrogens with zero attached hydrogens (tertiary/aromatic N) is 1. The molecule has 0 radical (unpaired) electrons. The van der Waals surface area contributed by atoms with E-state index in [0.29, 0.717) is 17.0 Å². The fourth-order valence-electron chi connectivity index (χ4n) is 1.82. The summed E-state index contributed by atoms with van der Waals surface area (Å²) in [5.41, 5.74) is 1.30. The van der Waals surface area contributed by atoms with Gasteiger partial charge in [-0.25, -0.2) is 4.79 Å². The summed E-state index contributed by atoms with van der Waals surface area (Å²) in [6.45, 7) is 6.53. The Labute approximate surface area is 116 Å². The molecule has 1 rings (SSSR count). The highest BCUT2D eigenvalue weighted by Crippen LogP contribution is 2.08. The minimum absolute atomic E-state index is 0.0537. The van der Waals surface area contributed by atoms with E-state index in [2.05, 4.69) is 15.3 Å². The largest absolute Gasteiger partial charge is 0.481 e. The van der Waals surface area contributed by atoms with Gasteiger partial charge >= 0.3 is 11.7 Å². The number of amides is 1. The molecule has 0 aliphatic rings. The number of hydrogen-bond acceptors (Lipinski definition) is 4. The van der Waals surface area contributed by atoms with Gasteiger partial charge in [-0.3, -0.25) is 9.59 Å². The zero-order valence-corrected chi connectivity index (χ0v) is 12.0. The van der Waals surface area contributed by atoms with Gasteiger partial charge < -0.3 is 15.4 Å². The van der Waals surface area contributed by atoms with E-state index in [1.165, 1.54) is 6.92 Å². The van der Waals surface area contributed by atoms with Crippen molar-refractivity contribution in [3.8, 4) is 0 Å². The molecule has 20 heavy (non-hydrogen) atoms. The van der Waals surface area contributed by atoms with Crippen LogP contribution in [0.15, 0.2) is 4.79 Å². The third kappa shape index (κ3) is 3.91. The Morgan fingerprint density at radius 1 is 1.35 bits per heavy atom. The Morgan fingerprint density at radius 2 is 1.95 bits per heavy atom. The minimum atomic E-state index is -0.962. The quantitative estimate of drug-likeness (QED) is 0.711. The van der Waals surface area contributed by atoms with E-state index in [4.69, 9.17) is 5.11 Å². The van der Waals surface area contributed by atoms with Gasteiger partial charge in [0.25, 0.3) is 0 Å².